The van der Waals surface area contributed by atoms with E-state index in [-0.39, 0.29) is 5.56 Å². The highest BCUT2D eigenvalue weighted by atomic mass is 16.1. The van der Waals surface area contributed by atoms with E-state index in [4.69, 9.17) is 4.99 Å². The Kier molecular flexibility index (Phi) is 3.66. The first-order valence-electron chi connectivity index (χ1n) is 10.3. The van der Waals surface area contributed by atoms with Gasteiger partial charge in [-0.2, -0.15) is 5.26 Å². The average molecular weight is 402 g/mol. The van der Waals surface area contributed by atoms with Crippen molar-refractivity contribution in [2.45, 2.75) is 19.8 Å². The number of pyridine rings is 1. The summed E-state index contributed by atoms with van der Waals surface area (Å²) >= 11 is 0. The first-order valence-corrected chi connectivity index (χ1v) is 10.3. The van der Waals surface area contributed by atoms with Crippen molar-refractivity contribution in [1.29, 1.82) is 5.26 Å². The molecule has 0 bridgehead atoms. The first-order chi connectivity index (χ1) is 15.2. The summed E-state index contributed by atoms with van der Waals surface area (Å²) in [6.07, 6.45) is 3.73. The minimum Gasteiger partial charge on any atom is -0.338 e. The van der Waals surface area contributed by atoms with E-state index in [1.807, 2.05) is 30.3 Å². The number of benzene rings is 3. The molecule has 5 aromatic rings. The van der Waals surface area contributed by atoms with Crippen LogP contribution in [0.4, 0.5) is 5.69 Å². The van der Waals surface area contributed by atoms with E-state index < -0.39 is 0 Å². The van der Waals surface area contributed by atoms with Crippen LogP contribution in [0.2, 0.25) is 0 Å². The molecule has 3 aromatic carbocycles. The number of aromatic nitrogens is 2. The summed E-state index contributed by atoms with van der Waals surface area (Å²) in [4.78, 5) is 21.4. The lowest BCUT2D eigenvalue weighted by Gasteiger charge is -2.07. The molecule has 1 aliphatic carbocycles. The van der Waals surface area contributed by atoms with Crippen molar-refractivity contribution in [3.05, 3.63) is 92.8 Å². The Morgan fingerprint density at radius 1 is 1.06 bits per heavy atom. The average Bonchev–Trinajstić information content (AvgIpc) is 3.38. The van der Waals surface area contributed by atoms with E-state index in [9.17, 15) is 10.1 Å². The van der Waals surface area contributed by atoms with E-state index in [0.717, 1.165) is 34.9 Å². The normalized spacial score (nSPS) is 13.0. The van der Waals surface area contributed by atoms with Gasteiger partial charge >= 0.3 is 0 Å². The number of aromatic amines is 1. The van der Waals surface area contributed by atoms with Gasteiger partial charge in [-0.15, -0.1) is 0 Å². The standard InChI is InChI=1S/C26H18N4O/c1-15-19(13-27)25-29-22-7-2-3-8-23(22)30(25)26(31)20(15)14-28-21-12-11-17-10-9-16-5-4-6-18(21)24(16)17/h2-8,11-12,14,29H,9-10H2,1H3. The first kappa shape index (κ1) is 17.7. The molecule has 6 rings (SSSR count). The third-order valence-electron chi connectivity index (χ3n) is 6.37. The minimum atomic E-state index is -0.182. The zero-order chi connectivity index (χ0) is 21.1. The quantitative estimate of drug-likeness (QED) is 0.424. The maximum absolute atomic E-state index is 13.4. The molecule has 148 valence electrons. The smallest absolute Gasteiger partial charge is 0.265 e. The zero-order valence-electron chi connectivity index (χ0n) is 16.9. The van der Waals surface area contributed by atoms with Crippen LogP contribution < -0.4 is 5.56 Å². The largest absolute Gasteiger partial charge is 0.338 e. The maximum Gasteiger partial charge on any atom is 0.265 e. The number of nitriles is 1. The summed E-state index contributed by atoms with van der Waals surface area (Å²) in [5.74, 6) is 0. The molecule has 1 aliphatic rings. The fourth-order valence-corrected chi connectivity index (χ4v) is 4.82. The van der Waals surface area contributed by atoms with Crippen LogP contribution in [0, 0.1) is 18.3 Å². The lowest BCUT2D eigenvalue weighted by atomic mass is 10.0. The van der Waals surface area contributed by atoms with Gasteiger partial charge in [-0.3, -0.25) is 14.2 Å². The predicted octanol–water partition coefficient (Wildman–Crippen LogP) is 4.96. The maximum atomic E-state index is 13.4. The van der Waals surface area contributed by atoms with Gasteiger partial charge in [0, 0.05) is 11.6 Å². The van der Waals surface area contributed by atoms with Crippen LogP contribution >= 0.6 is 0 Å². The Bertz CT molecular complexity index is 1670. The molecular formula is C26H18N4O. The minimum absolute atomic E-state index is 0.182. The number of nitrogens with one attached hydrogen (secondary N) is 1. The number of rotatable bonds is 2. The van der Waals surface area contributed by atoms with Crippen LogP contribution in [0.15, 0.2) is 64.4 Å². The molecule has 1 N–H and O–H groups in total. The van der Waals surface area contributed by atoms with Gasteiger partial charge in [0.25, 0.3) is 5.56 Å². The molecule has 0 atom stereocenters. The van der Waals surface area contributed by atoms with E-state index in [1.165, 1.54) is 16.5 Å². The second-order valence-electron chi connectivity index (χ2n) is 8.00. The molecule has 0 amide bonds. The topological polar surface area (TPSA) is 73.4 Å². The van der Waals surface area contributed by atoms with E-state index in [1.54, 1.807) is 17.5 Å². The van der Waals surface area contributed by atoms with Crippen LogP contribution in [0.5, 0.6) is 0 Å². The van der Waals surface area contributed by atoms with Gasteiger partial charge in [0.1, 0.15) is 11.7 Å². The van der Waals surface area contributed by atoms with Gasteiger partial charge in [0.2, 0.25) is 0 Å². The van der Waals surface area contributed by atoms with Crippen molar-refractivity contribution in [1.82, 2.24) is 9.38 Å². The number of nitrogens with zero attached hydrogens (tertiary/aromatic N) is 3. The molecule has 5 nitrogen and oxygen atoms in total. The number of imidazole rings is 1. The van der Waals surface area contributed by atoms with Gasteiger partial charge in [-0.25, -0.2) is 0 Å². The lowest BCUT2D eigenvalue weighted by Crippen LogP contribution is -2.20. The number of aryl methyl sites for hydroxylation is 2. The van der Waals surface area contributed by atoms with Crippen LogP contribution in [-0.4, -0.2) is 15.6 Å². The van der Waals surface area contributed by atoms with Gasteiger partial charge in [0.15, 0.2) is 0 Å². The van der Waals surface area contributed by atoms with E-state index in [2.05, 4.69) is 35.3 Å². The highest BCUT2D eigenvalue weighted by molar-refractivity contribution is 6.00. The Balaban J connectivity index is 1.61. The molecule has 0 saturated heterocycles. The van der Waals surface area contributed by atoms with Crippen molar-refractivity contribution < 1.29 is 0 Å². The van der Waals surface area contributed by atoms with Gasteiger partial charge in [-0.1, -0.05) is 36.4 Å². The molecule has 31 heavy (non-hydrogen) atoms. The van der Waals surface area contributed by atoms with E-state index in [0.29, 0.717) is 22.3 Å². The number of fused-ring (bicyclic) bond motifs is 3. The Morgan fingerprint density at radius 2 is 1.87 bits per heavy atom. The summed E-state index contributed by atoms with van der Waals surface area (Å²) in [5.41, 5.74) is 6.97. The Labute approximate surface area is 177 Å². The summed E-state index contributed by atoms with van der Waals surface area (Å²) in [5, 5.41) is 12.2. The van der Waals surface area contributed by atoms with Crippen LogP contribution in [0.25, 0.3) is 27.5 Å². The number of H-pyrrole nitrogens is 1. The highest BCUT2D eigenvalue weighted by Gasteiger charge is 2.18. The molecule has 0 unspecified atom stereocenters. The third kappa shape index (κ3) is 2.42. The molecular weight excluding hydrogens is 384 g/mol. The molecule has 0 fully saturated rings. The number of hydrogen-bond acceptors (Lipinski definition) is 3. The van der Waals surface area contributed by atoms with Crippen molar-refractivity contribution in [3.8, 4) is 6.07 Å². The number of hydrogen-bond donors (Lipinski definition) is 1. The number of aliphatic imine (C=N–C) groups is 1. The number of para-hydroxylation sites is 2. The zero-order valence-corrected chi connectivity index (χ0v) is 16.9. The van der Waals surface area contributed by atoms with Crippen molar-refractivity contribution in [2.24, 2.45) is 4.99 Å². The molecule has 2 heterocycles. The second kappa shape index (κ2) is 6.41. The third-order valence-corrected chi connectivity index (χ3v) is 6.37. The van der Waals surface area contributed by atoms with Crippen LogP contribution in [-0.2, 0) is 12.8 Å². The SMILES string of the molecule is Cc1c(C=Nc2ccc3c4c(cccc24)CC3)c(=O)n2c([nH]c3ccccc32)c1C#N. The van der Waals surface area contributed by atoms with Crippen LogP contribution in [0.3, 0.4) is 0 Å². The molecule has 0 spiro atoms. The Hall–Kier alpha value is -4.17. The summed E-state index contributed by atoms with van der Waals surface area (Å²) in [6.45, 7) is 1.81. The summed E-state index contributed by atoms with van der Waals surface area (Å²) < 4.78 is 1.58. The van der Waals surface area contributed by atoms with E-state index >= 15 is 0 Å². The molecule has 5 heteroatoms. The fraction of sp³-hybridized carbons (Fsp3) is 0.115. The monoisotopic (exact) mass is 402 g/mol. The van der Waals surface area contributed by atoms with Crippen molar-refractivity contribution >= 4 is 39.4 Å². The van der Waals surface area contributed by atoms with Gasteiger partial charge < -0.3 is 4.98 Å². The molecule has 2 aromatic heterocycles. The summed E-state index contributed by atoms with van der Waals surface area (Å²) in [6, 6.07) is 20.3. The summed E-state index contributed by atoms with van der Waals surface area (Å²) in [7, 11) is 0. The second-order valence-corrected chi connectivity index (χ2v) is 8.00. The highest BCUT2D eigenvalue weighted by Crippen LogP contribution is 2.36. The molecule has 0 aliphatic heterocycles. The van der Waals surface area contributed by atoms with Crippen molar-refractivity contribution in [2.75, 3.05) is 0 Å². The predicted molar refractivity (Wildman–Crippen MR) is 124 cm³/mol. The van der Waals surface area contributed by atoms with Crippen LogP contribution in [0.1, 0.15) is 27.8 Å². The fourth-order valence-electron chi connectivity index (χ4n) is 4.82. The lowest BCUT2D eigenvalue weighted by molar-refractivity contribution is 1.02. The van der Waals surface area contributed by atoms with Gasteiger partial charge in [0.05, 0.1) is 27.8 Å². The molecule has 0 radical (unpaired) electrons. The van der Waals surface area contributed by atoms with Gasteiger partial charge in [-0.05, 0) is 60.0 Å². The van der Waals surface area contributed by atoms with Crippen molar-refractivity contribution in [3.63, 3.8) is 0 Å². The molecule has 0 saturated carbocycles. The Morgan fingerprint density at radius 3 is 2.71 bits per heavy atom.